The Morgan fingerprint density at radius 3 is 2.85 bits per heavy atom. The van der Waals surface area contributed by atoms with E-state index in [1.807, 2.05) is 6.07 Å². The molecular formula is C20H20FN5O. The van der Waals surface area contributed by atoms with Gasteiger partial charge in [0.25, 0.3) is 0 Å². The maximum atomic E-state index is 14.1. The molecule has 0 amide bonds. The molecule has 138 valence electrons. The molecule has 0 unspecified atom stereocenters. The van der Waals surface area contributed by atoms with Crippen LogP contribution in [0.2, 0.25) is 0 Å². The van der Waals surface area contributed by atoms with Crippen LogP contribution < -0.4 is 5.32 Å². The van der Waals surface area contributed by atoms with Gasteiger partial charge in [0.2, 0.25) is 0 Å². The predicted octanol–water partition coefficient (Wildman–Crippen LogP) is 3.00. The van der Waals surface area contributed by atoms with Crippen molar-refractivity contribution in [1.82, 2.24) is 24.8 Å². The summed E-state index contributed by atoms with van der Waals surface area (Å²) in [4.78, 5) is 12.8. The van der Waals surface area contributed by atoms with Crippen LogP contribution in [-0.2, 0) is 0 Å². The van der Waals surface area contributed by atoms with Crippen LogP contribution in [0.3, 0.4) is 0 Å². The van der Waals surface area contributed by atoms with Crippen LogP contribution in [0.15, 0.2) is 55.9 Å². The first-order valence-electron chi connectivity index (χ1n) is 8.81. The van der Waals surface area contributed by atoms with Crippen molar-refractivity contribution in [2.45, 2.75) is 12.6 Å². The minimum atomic E-state index is -0.965. The fraction of sp³-hybridized carbons (Fsp3) is 0.250. The van der Waals surface area contributed by atoms with Crippen molar-refractivity contribution < 1.29 is 9.50 Å². The fourth-order valence-electron chi connectivity index (χ4n) is 3.35. The zero-order valence-electron chi connectivity index (χ0n) is 14.7. The van der Waals surface area contributed by atoms with Gasteiger partial charge in [-0.25, -0.2) is 9.37 Å². The third-order valence-electron chi connectivity index (χ3n) is 4.90. The van der Waals surface area contributed by atoms with E-state index in [9.17, 15) is 9.50 Å². The van der Waals surface area contributed by atoms with Gasteiger partial charge in [0.15, 0.2) is 0 Å². The van der Waals surface area contributed by atoms with Crippen LogP contribution in [0.1, 0.15) is 12.1 Å². The van der Waals surface area contributed by atoms with Gasteiger partial charge < -0.3 is 15.0 Å². The second kappa shape index (κ2) is 7.28. The molecule has 0 spiro atoms. The second-order valence-electron chi connectivity index (χ2n) is 6.60. The van der Waals surface area contributed by atoms with Gasteiger partial charge in [-0.15, -0.1) is 0 Å². The summed E-state index contributed by atoms with van der Waals surface area (Å²) in [6, 6.07) is 5.30. The number of allylic oxidation sites excluding steroid dienone is 1. The first-order chi connectivity index (χ1) is 13.1. The molecule has 7 heteroatoms. The van der Waals surface area contributed by atoms with Crippen molar-refractivity contribution in [2.75, 3.05) is 13.1 Å². The highest BCUT2D eigenvalue weighted by atomic mass is 19.1. The number of phenols is 1. The zero-order chi connectivity index (χ0) is 18.8. The molecule has 1 saturated heterocycles. The Labute approximate surface area is 156 Å². The first kappa shape index (κ1) is 17.4. The molecule has 1 fully saturated rings. The summed E-state index contributed by atoms with van der Waals surface area (Å²) in [5, 5.41) is 13.4. The lowest BCUT2D eigenvalue weighted by Gasteiger charge is -2.28. The zero-order valence-corrected chi connectivity index (χ0v) is 14.7. The standard InChI is InChI=1S/C20H20FN5O/c1-13(15-4-5-22-9-17(15)21)18-10-25-19(11-24-18)16-3-2-14(8-20(16)27)26-7-6-23-12-26/h2-3,6-8,10-12,15,17,22,27H,1,4-5,9H2/t15-,17+/m1/s1. The van der Waals surface area contributed by atoms with E-state index in [-0.39, 0.29) is 11.7 Å². The summed E-state index contributed by atoms with van der Waals surface area (Å²) in [5.74, 6) is -0.140. The van der Waals surface area contributed by atoms with Crippen molar-refractivity contribution in [2.24, 2.45) is 5.92 Å². The fourth-order valence-corrected chi connectivity index (χ4v) is 3.35. The smallest absolute Gasteiger partial charge is 0.127 e. The summed E-state index contributed by atoms with van der Waals surface area (Å²) < 4.78 is 15.9. The van der Waals surface area contributed by atoms with Crippen LogP contribution >= 0.6 is 0 Å². The van der Waals surface area contributed by atoms with Crippen molar-refractivity contribution in [3.8, 4) is 22.7 Å². The van der Waals surface area contributed by atoms with Crippen LogP contribution in [0.4, 0.5) is 4.39 Å². The normalized spacial score (nSPS) is 19.7. The van der Waals surface area contributed by atoms with Crippen molar-refractivity contribution in [1.29, 1.82) is 0 Å². The van der Waals surface area contributed by atoms with E-state index in [1.54, 1.807) is 47.8 Å². The monoisotopic (exact) mass is 365 g/mol. The molecule has 0 saturated carbocycles. The molecule has 2 aromatic heterocycles. The summed E-state index contributed by atoms with van der Waals surface area (Å²) in [7, 11) is 0. The highest BCUT2D eigenvalue weighted by Crippen LogP contribution is 2.32. The minimum Gasteiger partial charge on any atom is -0.507 e. The van der Waals surface area contributed by atoms with E-state index in [0.717, 1.165) is 12.2 Å². The van der Waals surface area contributed by atoms with E-state index in [2.05, 4.69) is 26.8 Å². The molecule has 1 aliphatic rings. The van der Waals surface area contributed by atoms with Gasteiger partial charge in [-0.1, -0.05) is 6.58 Å². The summed E-state index contributed by atoms with van der Waals surface area (Å²) >= 11 is 0. The predicted molar refractivity (Wildman–Crippen MR) is 101 cm³/mol. The summed E-state index contributed by atoms with van der Waals surface area (Å²) in [5.41, 5.74) is 3.18. The maximum absolute atomic E-state index is 14.1. The van der Waals surface area contributed by atoms with Crippen LogP contribution in [0.25, 0.3) is 22.5 Å². The number of hydrogen-bond donors (Lipinski definition) is 2. The Bertz CT molecular complexity index is 940. The summed E-state index contributed by atoms with van der Waals surface area (Å²) in [6.07, 6.45) is 8.04. The van der Waals surface area contributed by atoms with Gasteiger partial charge in [0.05, 0.1) is 35.8 Å². The van der Waals surface area contributed by atoms with Gasteiger partial charge in [-0.3, -0.25) is 9.97 Å². The second-order valence-corrected chi connectivity index (χ2v) is 6.60. The van der Waals surface area contributed by atoms with Crippen molar-refractivity contribution in [3.05, 3.63) is 61.6 Å². The highest BCUT2D eigenvalue weighted by Gasteiger charge is 2.28. The van der Waals surface area contributed by atoms with E-state index < -0.39 is 6.17 Å². The lowest BCUT2D eigenvalue weighted by Crippen LogP contribution is -2.38. The number of aromatic hydroxyl groups is 1. The molecule has 0 aliphatic carbocycles. The molecule has 4 rings (SSSR count). The molecule has 1 aromatic carbocycles. The van der Waals surface area contributed by atoms with Gasteiger partial charge >= 0.3 is 0 Å². The lowest BCUT2D eigenvalue weighted by atomic mass is 9.88. The number of alkyl halides is 1. The molecule has 3 heterocycles. The molecule has 27 heavy (non-hydrogen) atoms. The molecule has 0 radical (unpaired) electrons. The maximum Gasteiger partial charge on any atom is 0.127 e. The van der Waals surface area contributed by atoms with Crippen LogP contribution in [0, 0.1) is 5.92 Å². The number of hydrogen-bond acceptors (Lipinski definition) is 5. The number of halogens is 1. The number of aromatic nitrogens is 4. The quantitative estimate of drug-likeness (QED) is 0.743. The highest BCUT2D eigenvalue weighted by molar-refractivity contribution is 5.69. The molecule has 2 atom stereocenters. The topological polar surface area (TPSA) is 75.9 Å². The SMILES string of the molecule is C=C(c1cnc(-c2ccc(-n3ccnc3)cc2O)cn1)[C@H]1CCNC[C@@H]1F. The number of rotatable bonds is 4. The molecule has 3 aromatic rings. The Morgan fingerprint density at radius 2 is 2.19 bits per heavy atom. The molecule has 1 aliphatic heterocycles. The van der Waals surface area contributed by atoms with Crippen molar-refractivity contribution >= 4 is 5.57 Å². The van der Waals surface area contributed by atoms with E-state index in [1.165, 1.54) is 0 Å². The lowest BCUT2D eigenvalue weighted by molar-refractivity contribution is 0.220. The summed E-state index contributed by atoms with van der Waals surface area (Å²) in [6.45, 7) is 5.14. The Kier molecular flexibility index (Phi) is 4.68. The largest absolute Gasteiger partial charge is 0.507 e. The number of piperidine rings is 1. The van der Waals surface area contributed by atoms with Gasteiger partial charge in [0.1, 0.15) is 11.9 Å². The average Bonchev–Trinajstić information content (AvgIpc) is 3.23. The Balaban J connectivity index is 1.56. The number of nitrogens with zero attached hydrogens (tertiary/aromatic N) is 4. The Hall–Kier alpha value is -3.06. The Morgan fingerprint density at radius 1 is 1.30 bits per heavy atom. The van der Waals surface area contributed by atoms with Crippen molar-refractivity contribution in [3.63, 3.8) is 0 Å². The van der Waals surface area contributed by atoms with Gasteiger partial charge in [-0.2, -0.15) is 0 Å². The van der Waals surface area contributed by atoms with E-state index in [0.29, 0.717) is 35.5 Å². The molecule has 0 bridgehead atoms. The third kappa shape index (κ3) is 3.46. The minimum absolute atomic E-state index is 0.101. The van der Waals surface area contributed by atoms with E-state index >= 15 is 0 Å². The van der Waals surface area contributed by atoms with Gasteiger partial charge in [0, 0.05) is 36.5 Å². The van der Waals surface area contributed by atoms with E-state index in [4.69, 9.17) is 0 Å². The molecular weight excluding hydrogens is 345 g/mol. The van der Waals surface area contributed by atoms with Crippen LogP contribution in [0.5, 0.6) is 5.75 Å². The molecule has 2 N–H and O–H groups in total. The van der Waals surface area contributed by atoms with Crippen LogP contribution in [-0.4, -0.2) is 43.9 Å². The average molecular weight is 365 g/mol. The first-order valence-corrected chi connectivity index (χ1v) is 8.81. The number of phenolic OH excluding ortho intramolecular Hbond substituents is 1. The number of imidazole rings is 1. The molecule has 6 nitrogen and oxygen atoms in total. The third-order valence-corrected chi connectivity index (χ3v) is 4.90. The number of benzene rings is 1. The number of nitrogens with one attached hydrogen (secondary N) is 1. The van der Waals surface area contributed by atoms with Gasteiger partial charge in [-0.05, 0) is 30.7 Å².